The number of nitrogens with zero attached hydrogens (tertiary/aromatic N) is 1. The number of allylic oxidation sites excluding steroid dienone is 2. The second-order valence-electron chi connectivity index (χ2n) is 3.24. The molecule has 58 valence electrons. The fraction of sp³-hybridized carbons (Fsp3) is 0.182. The number of hydrogen-bond acceptors (Lipinski definition) is 1. The van der Waals surface area contributed by atoms with Crippen molar-refractivity contribution in [2.45, 2.75) is 12.8 Å². The molecule has 0 saturated heterocycles. The Morgan fingerprint density at radius 2 is 2.08 bits per heavy atom. The van der Waals surface area contributed by atoms with Gasteiger partial charge >= 0.3 is 0 Å². The van der Waals surface area contributed by atoms with Crippen LogP contribution in [0.5, 0.6) is 0 Å². The van der Waals surface area contributed by atoms with E-state index in [0.29, 0.717) is 0 Å². The molecule has 0 atom stereocenters. The maximum Gasteiger partial charge on any atom is 0.0712 e. The van der Waals surface area contributed by atoms with Crippen LogP contribution in [0.15, 0.2) is 41.0 Å². The predicted molar refractivity (Wildman–Crippen MR) is 47.9 cm³/mol. The first-order chi connectivity index (χ1) is 5.95. The average Bonchev–Trinajstić information content (AvgIpc) is 2.62. The van der Waals surface area contributed by atoms with Gasteiger partial charge in [0.25, 0.3) is 0 Å². The minimum Gasteiger partial charge on any atom is -0.248 e. The van der Waals surface area contributed by atoms with Crippen LogP contribution in [0.25, 0.3) is 5.57 Å². The van der Waals surface area contributed by atoms with Gasteiger partial charge in [-0.05, 0) is 24.5 Å². The Morgan fingerprint density at radius 3 is 3.08 bits per heavy atom. The molecule has 0 fully saturated rings. The fourth-order valence-corrected chi connectivity index (χ4v) is 1.95. The van der Waals surface area contributed by atoms with Crippen molar-refractivity contribution in [2.24, 2.45) is 4.99 Å². The van der Waals surface area contributed by atoms with Gasteiger partial charge in [-0.3, -0.25) is 0 Å². The minimum absolute atomic E-state index is 1.15. The molecule has 1 aromatic carbocycles. The lowest BCUT2D eigenvalue weighted by molar-refractivity contribution is 1.11. The molecule has 0 N–H and O–H groups in total. The number of rotatable bonds is 0. The Balaban J connectivity index is 2.52. The summed E-state index contributed by atoms with van der Waals surface area (Å²) in [6.07, 6.45) is 4.58. The summed E-state index contributed by atoms with van der Waals surface area (Å²) in [4.78, 5) is 4.54. The molecule has 1 aliphatic heterocycles. The van der Waals surface area contributed by atoms with E-state index < -0.39 is 0 Å². The second kappa shape index (κ2) is 2.07. The normalized spacial score (nSPS) is 18.3. The number of fused-ring (bicyclic) bond motifs is 2. The van der Waals surface area contributed by atoms with E-state index in [1.54, 1.807) is 0 Å². The molecule has 1 aromatic rings. The van der Waals surface area contributed by atoms with E-state index in [4.69, 9.17) is 0 Å². The van der Waals surface area contributed by atoms with Crippen molar-refractivity contribution >= 4 is 5.57 Å². The Bertz CT molecular complexity index is 480. The molecule has 1 heteroatoms. The Labute approximate surface area is 70.8 Å². The minimum atomic E-state index is 1.15. The molecular formula is C11H9N. The van der Waals surface area contributed by atoms with Crippen LogP contribution in [-0.2, 0) is 0 Å². The summed E-state index contributed by atoms with van der Waals surface area (Å²) in [7, 11) is 0. The zero-order valence-corrected chi connectivity index (χ0v) is 6.75. The molecule has 0 bridgehead atoms. The zero-order chi connectivity index (χ0) is 7.97. The summed E-state index contributed by atoms with van der Waals surface area (Å²) in [6, 6.07) is 8.38. The van der Waals surface area contributed by atoms with Crippen LogP contribution in [0, 0.1) is 0 Å². The van der Waals surface area contributed by atoms with Crippen LogP contribution in [0.2, 0.25) is 0 Å². The van der Waals surface area contributed by atoms with Gasteiger partial charge < -0.3 is 0 Å². The highest BCUT2D eigenvalue weighted by atomic mass is 14.8. The molecule has 0 unspecified atom stereocenters. The molecule has 0 aromatic heterocycles. The quantitative estimate of drug-likeness (QED) is 0.533. The monoisotopic (exact) mass is 155 g/mol. The molecule has 3 rings (SSSR count). The molecule has 2 aliphatic rings. The van der Waals surface area contributed by atoms with Crippen molar-refractivity contribution in [3.8, 4) is 0 Å². The Morgan fingerprint density at radius 1 is 1.17 bits per heavy atom. The standard InChI is InChI=1S/C11H9N/c1-2-6-10-8(4-1)9-5-3-7-11(9)12-10/h1-2,4,6-7H,3,5H2. The Kier molecular flexibility index (Phi) is 1.06. The maximum atomic E-state index is 4.54. The number of para-hydroxylation sites is 1. The van der Waals surface area contributed by atoms with Gasteiger partial charge in [0.2, 0.25) is 0 Å². The largest absolute Gasteiger partial charge is 0.248 e. The van der Waals surface area contributed by atoms with Crippen molar-refractivity contribution < 1.29 is 0 Å². The summed E-state index contributed by atoms with van der Waals surface area (Å²) >= 11 is 0. The highest BCUT2D eigenvalue weighted by Crippen LogP contribution is 2.26. The van der Waals surface area contributed by atoms with Crippen molar-refractivity contribution in [1.29, 1.82) is 0 Å². The van der Waals surface area contributed by atoms with Crippen LogP contribution < -0.4 is 10.6 Å². The van der Waals surface area contributed by atoms with E-state index in [-0.39, 0.29) is 0 Å². The topological polar surface area (TPSA) is 12.4 Å². The van der Waals surface area contributed by atoms with Gasteiger partial charge in [-0.1, -0.05) is 24.3 Å². The van der Waals surface area contributed by atoms with Crippen molar-refractivity contribution in [3.63, 3.8) is 0 Å². The van der Waals surface area contributed by atoms with Crippen molar-refractivity contribution in [3.05, 3.63) is 46.6 Å². The van der Waals surface area contributed by atoms with Crippen LogP contribution in [0.4, 0.5) is 0 Å². The Hall–Kier alpha value is -1.37. The van der Waals surface area contributed by atoms with E-state index in [2.05, 4.69) is 29.3 Å². The van der Waals surface area contributed by atoms with E-state index in [1.165, 1.54) is 29.3 Å². The van der Waals surface area contributed by atoms with E-state index in [1.807, 2.05) is 6.07 Å². The SMILES string of the molecule is C1=C2N=c3ccccc3=C2CC1. The van der Waals surface area contributed by atoms with Gasteiger partial charge in [0.05, 0.1) is 11.1 Å². The fourth-order valence-electron chi connectivity index (χ4n) is 1.95. The highest BCUT2D eigenvalue weighted by molar-refractivity contribution is 5.68. The van der Waals surface area contributed by atoms with Gasteiger partial charge in [-0.2, -0.15) is 0 Å². The summed E-state index contributed by atoms with van der Waals surface area (Å²) in [5.41, 5.74) is 2.67. The molecule has 1 nitrogen and oxygen atoms in total. The molecule has 1 heterocycles. The third-order valence-electron chi connectivity index (χ3n) is 2.51. The summed E-state index contributed by atoms with van der Waals surface area (Å²) < 4.78 is 0. The van der Waals surface area contributed by atoms with Crippen molar-refractivity contribution in [2.75, 3.05) is 0 Å². The first kappa shape index (κ1) is 6.18. The molecule has 1 aliphatic carbocycles. The van der Waals surface area contributed by atoms with Gasteiger partial charge in [-0.25, -0.2) is 4.99 Å². The highest BCUT2D eigenvalue weighted by Gasteiger charge is 2.15. The van der Waals surface area contributed by atoms with Crippen LogP contribution in [-0.4, -0.2) is 0 Å². The van der Waals surface area contributed by atoms with Crippen LogP contribution in [0.1, 0.15) is 12.8 Å². The number of hydrogen-bond donors (Lipinski definition) is 0. The summed E-state index contributed by atoms with van der Waals surface area (Å²) in [5, 5.41) is 2.50. The predicted octanol–water partition coefficient (Wildman–Crippen LogP) is 1.15. The van der Waals surface area contributed by atoms with Crippen LogP contribution in [0.3, 0.4) is 0 Å². The maximum absolute atomic E-state index is 4.54. The number of benzene rings is 1. The summed E-state index contributed by atoms with van der Waals surface area (Å²) in [6.45, 7) is 0. The molecular weight excluding hydrogens is 146 g/mol. The van der Waals surface area contributed by atoms with Gasteiger partial charge in [0, 0.05) is 5.22 Å². The van der Waals surface area contributed by atoms with Gasteiger partial charge in [-0.15, -0.1) is 0 Å². The van der Waals surface area contributed by atoms with E-state index in [9.17, 15) is 0 Å². The van der Waals surface area contributed by atoms with E-state index in [0.717, 1.165) is 5.36 Å². The molecule has 0 saturated carbocycles. The van der Waals surface area contributed by atoms with Gasteiger partial charge in [0.1, 0.15) is 0 Å². The lowest BCUT2D eigenvalue weighted by Gasteiger charge is -1.89. The molecule has 12 heavy (non-hydrogen) atoms. The smallest absolute Gasteiger partial charge is 0.0712 e. The zero-order valence-electron chi connectivity index (χ0n) is 6.75. The third-order valence-corrected chi connectivity index (χ3v) is 2.51. The van der Waals surface area contributed by atoms with Crippen LogP contribution >= 0.6 is 0 Å². The first-order valence-electron chi connectivity index (χ1n) is 4.33. The first-order valence-corrected chi connectivity index (χ1v) is 4.33. The summed E-state index contributed by atoms with van der Waals surface area (Å²) in [5.74, 6) is 0. The molecule has 0 spiro atoms. The molecule has 0 amide bonds. The third kappa shape index (κ3) is 0.658. The van der Waals surface area contributed by atoms with Crippen molar-refractivity contribution in [1.82, 2.24) is 0 Å². The lowest BCUT2D eigenvalue weighted by atomic mass is 10.1. The lowest BCUT2D eigenvalue weighted by Crippen LogP contribution is -2.21. The van der Waals surface area contributed by atoms with E-state index >= 15 is 0 Å². The molecule has 0 radical (unpaired) electrons. The van der Waals surface area contributed by atoms with Gasteiger partial charge in [0.15, 0.2) is 0 Å². The second-order valence-corrected chi connectivity index (χ2v) is 3.24. The average molecular weight is 155 g/mol.